The largest absolute Gasteiger partial charge is 0.465 e. The normalized spacial score (nSPS) is 12.0. The zero-order chi connectivity index (χ0) is 25.1. The van der Waals surface area contributed by atoms with Gasteiger partial charge < -0.3 is 15.0 Å². The number of fused-ring (bicyclic) bond motifs is 1. The lowest BCUT2D eigenvalue weighted by atomic mass is 9.99. The second kappa shape index (κ2) is 10.5. The molecule has 0 radical (unpaired) electrons. The number of thioether (sulfide) groups is 1. The molecular weight excluding hydrogens is 482 g/mol. The van der Waals surface area contributed by atoms with E-state index in [0.29, 0.717) is 32.5 Å². The smallest absolute Gasteiger partial charge is 0.337 e. The SMILES string of the molecule is COC(=O)c1cccc(NC(=O)C(C)Sc2nc3scc(-c4ccc(C(C)C)cc4)c3c(=O)[nH]2)c1. The van der Waals surface area contributed by atoms with Gasteiger partial charge in [0.2, 0.25) is 5.91 Å². The number of carbonyl (C=O) groups is 2. The van der Waals surface area contributed by atoms with Crippen molar-refractivity contribution in [3.63, 3.8) is 0 Å². The molecule has 1 atom stereocenters. The third-order valence-corrected chi connectivity index (χ3v) is 7.38. The van der Waals surface area contributed by atoms with Gasteiger partial charge in [0, 0.05) is 16.6 Å². The van der Waals surface area contributed by atoms with E-state index in [2.05, 4.69) is 41.3 Å². The van der Waals surface area contributed by atoms with Crippen LogP contribution < -0.4 is 10.9 Å². The molecule has 4 rings (SSSR count). The van der Waals surface area contributed by atoms with Crippen LogP contribution in [0.2, 0.25) is 0 Å². The average Bonchev–Trinajstić information content (AvgIpc) is 3.28. The molecule has 180 valence electrons. The molecule has 35 heavy (non-hydrogen) atoms. The third kappa shape index (κ3) is 5.47. The van der Waals surface area contributed by atoms with E-state index in [9.17, 15) is 14.4 Å². The van der Waals surface area contributed by atoms with Crippen LogP contribution in [0, 0.1) is 0 Å². The average molecular weight is 508 g/mol. The van der Waals surface area contributed by atoms with Crippen LogP contribution in [0.5, 0.6) is 0 Å². The lowest BCUT2D eigenvalue weighted by Crippen LogP contribution is -2.23. The van der Waals surface area contributed by atoms with Crippen LogP contribution in [-0.2, 0) is 9.53 Å². The number of benzene rings is 2. The molecule has 0 saturated carbocycles. The van der Waals surface area contributed by atoms with E-state index in [1.54, 1.807) is 31.2 Å². The number of amides is 1. The van der Waals surface area contributed by atoms with E-state index < -0.39 is 11.2 Å². The molecule has 2 aromatic carbocycles. The standard InChI is InChI=1S/C26H25N3O4S2/c1-14(2)16-8-10-17(11-9-16)20-13-34-24-21(20)23(31)28-26(29-24)35-15(3)22(30)27-19-7-5-6-18(12-19)25(32)33-4/h5-15H,1-4H3,(H,27,30)(H,28,29,31). The van der Waals surface area contributed by atoms with Crippen molar-refractivity contribution in [2.45, 2.75) is 37.1 Å². The topological polar surface area (TPSA) is 101 Å². The number of aromatic nitrogens is 2. The number of esters is 1. The van der Waals surface area contributed by atoms with Gasteiger partial charge in [0.05, 0.1) is 23.3 Å². The number of carbonyl (C=O) groups excluding carboxylic acids is 2. The van der Waals surface area contributed by atoms with E-state index in [4.69, 9.17) is 4.74 Å². The van der Waals surface area contributed by atoms with Gasteiger partial charge in [0.25, 0.3) is 5.56 Å². The van der Waals surface area contributed by atoms with Crippen molar-refractivity contribution >= 4 is 50.9 Å². The first-order valence-corrected chi connectivity index (χ1v) is 12.8. The van der Waals surface area contributed by atoms with Crippen LogP contribution >= 0.6 is 23.1 Å². The maximum Gasteiger partial charge on any atom is 0.337 e. The maximum atomic E-state index is 13.0. The Kier molecular flexibility index (Phi) is 7.37. The Labute approximate surface area is 210 Å². The Balaban J connectivity index is 1.51. The van der Waals surface area contributed by atoms with Gasteiger partial charge >= 0.3 is 5.97 Å². The van der Waals surface area contributed by atoms with Crippen LogP contribution in [0.25, 0.3) is 21.3 Å². The summed E-state index contributed by atoms with van der Waals surface area (Å²) in [5.74, 6) is -0.328. The van der Waals surface area contributed by atoms with Crippen LogP contribution in [-0.4, -0.2) is 34.2 Å². The zero-order valence-electron chi connectivity index (χ0n) is 19.7. The van der Waals surface area contributed by atoms with Gasteiger partial charge in [-0.2, -0.15) is 0 Å². The summed E-state index contributed by atoms with van der Waals surface area (Å²) in [6, 6.07) is 14.7. The second-order valence-corrected chi connectivity index (χ2v) is 10.5. The highest BCUT2D eigenvalue weighted by Gasteiger charge is 2.19. The van der Waals surface area contributed by atoms with E-state index in [-0.39, 0.29) is 11.5 Å². The van der Waals surface area contributed by atoms with Crippen molar-refractivity contribution in [2.24, 2.45) is 0 Å². The quantitative estimate of drug-likeness (QED) is 0.190. The van der Waals surface area contributed by atoms with Crippen molar-refractivity contribution in [2.75, 3.05) is 12.4 Å². The zero-order valence-corrected chi connectivity index (χ0v) is 21.4. The number of ether oxygens (including phenoxy) is 1. The molecule has 0 spiro atoms. The number of hydrogen-bond donors (Lipinski definition) is 2. The summed E-state index contributed by atoms with van der Waals surface area (Å²) in [6.45, 7) is 6.01. The Hall–Kier alpha value is -3.43. The number of H-pyrrole nitrogens is 1. The fourth-order valence-electron chi connectivity index (χ4n) is 3.55. The van der Waals surface area contributed by atoms with Crippen LogP contribution in [0.4, 0.5) is 5.69 Å². The van der Waals surface area contributed by atoms with Crippen LogP contribution in [0.3, 0.4) is 0 Å². The number of methoxy groups -OCH3 is 1. The molecule has 2 aromatic heterocycles. The molecule has 0 aliphatic carbocycles. The Morgan fingerprint density at radius 3 is 2.54 bits per heavy atom. The van der Waals surface area contributed by atoms with E-state index >= 15 is 0 Å². The first-order chi connectivity index (χ1) is 16.8. The summed E-state index contributed by atoms with van der Waals surface area (Å²) in [4.78, 5) is 45.4. The summed E-state index contributed by atoms with van der Waals surface area (Å²) < 4.78 is 4.72. The molecule has 0 bridgehead atoms. The first-order valence-electron chi connectivity index (χ1n) is 11.0. The van der Waals surface area contributed by atoms with Gasteiger partial charge in [-0.25, -0.2) is 9.78 Å². The van der Waals surface area contributed by atoms with Crippen molar-refractivity contribution < 1.29 is 14.3 Å². The summed E-state index contributed by atoms with van der Waals surface area (Å²) in [7, 11) is 1.30. The first kappa shape index (κ1) is 24.7. The molecule has 0 fully saturated rings. The third-order valence-electron chi connectivity index (χ3n) is 5.52. The number of aromatic amines is 1. The van der Waals surface area contributed by atoms with Gasteiger partial charge in [-0.15, -0.1) is 11.3 Å². The van der Waals surface area contributed by atoms with Crippen molar-refractivity contribution in [1.82, 2.24) is 9.97 Å². The minimum absolute atomic E-state index is 0.236. The molecule has 2 N–H and O–H groups in total. The lowest BCUT2D eigenvalue weighted by molar-refractivity contribution is -0.115. The Morgan fingerprint density at radius 2 is 1.86 bits per heavy atom. The van der Waals surface area contributed by atoms with E-state index in [0.717, 1.165) is 22.9 Å². The van der Waals surface area contributed by atoms with Gasteiger partial charge in [-0.3, -0.25) is 9.59 Å². The van der Waals surface area contributed by atoms with Crippen LogP contribution in [0.1, 0.15) is 42.6 Å². The van der Waals surface area contributed by atoms with Gasteiger partial charge in [0.15, 0.2) is 5.16 Å². The molecule has 2 heterocycles. The minimum atomic E-state index is -0.541. The van der Waals surface area contributed by atoms with Crippen molar-refractivity contribution in [3.05, 3.63) is 75.4 Å². The van der Waals surface area contributed by atoms with Gasteiger partial charge in [-0.05, 0) is 42.2 Å². The molecule has 0 aliphatic heterocycles. The van der Waals surface area contributed by atoms with Gasteiger partial charge in [-0.1, -0.05) is 55.9 Å². The molecule has 9 heteroatoms. The van der Waals surface area contributed by atoms with Crippen molar-refractivity contribution in [3.8, 4) is 11.1 Å². The Morgan fingerprint density at radius 1 is 1.11 bits per heavy atom. The fourth-order valence-corrected chi connectivity index (χ4v) is 5.35. The lowest BCUT2D eigenvalue weighted by Gasteiger charge is -2.12. The molecule has 0 saturated heterocycles. The monoisotopic (exact) mass is 507 g/mol. The molecule has 4 aromatic rings. The highest BCUT2D eigenvalue weighted by molar-refractivity contribution is 8.00. The number of rotatable bonds is 7. The molecule has 0 aliphatic rings. The molecule has 1 unspecified atom stereocenters. The summed E-state index contributed by atoms with van der Waals surface area (Å²) in [5.41, 5.74) is 3.64. The fraction of sp³-hybridized carbons (Fsp3) is 0.231. The predicted molar refractivity (Wildman–Crippen MR) is 141 cm³/mol. The summed E-state index contributed by atoms with van der Waals surface area (Å²) >= 11 is 2.56. The second-order valence-electron chi connectivity index (χ2n) is 8.30. The molecular formula is C26H25N3O4S2. The summed E-state index contributed by atoms with van der Waals surface area (Å²) in [6.07, 6.45) is 0. The van der Waals surface area contributed by atoms with E-state index in [1.807, 2.05) is 17.5 Å². The Bertz CT molecular complexity index is 1440. The van der Waals surface area contributed by atoms with Crippen molar-refractivity contribution in [1.29, 1.82) is 0 Å². The number of thiophene rings is 1. The number of hydrogen-bond acceptors (Lipinski definition) is 7. The predicted octanol–water partition coefficient (Wildman–Crippen LogP) is 5.68. The summed E-state index contributed by atoms with van der Waals surface area (Å²) in [5, 5.41) is 5.11. The number of nitrogens with one attached hydrogen (secondary N) is 2. The van der Waals surface area contributed by atoms with Gasteiger partial charge in [0.1, 0.15) is 4.83 Å². The maximum absolute atomic E-state index is 13.0. The molecule has 1 amide bonds. The van der Waals surface area contributed by atoms with E-state index in [1.165, 1.54) is 24.0 Å². The minimum Gasteiger partial charge on any atom is -0.465 e. The number of nitrogens with zero attached hydrogens (tertiary/aromatic N) is 1. The highest BCUT2D eigenvalue weighted by Crippen LogP contribution is 2.33. The highest BCUT2D eigenvalue weighted by atomic mass is 32.2. The van der Waals surface area contributed by atoms with Crippen LogP contribution in [0.15, 0.2) is 63.9 Å². The number of anilines is 1. The molecule has 7 nitrogen and oxygen atoms in total.